The minimum atomic E-state index is -0.791. The first-order valence-corrected chi connectivity index (χ1v) is 7.30. The summed E-state index contributed by atoms with van der Waals surface area (Å²) in [7, 11) is 0. The van der Waals surface area contributed by atoms with E-state index in [0.717, 1.165) is 19.4 Å². The highest BCUT2D eigenvalue weighted by Crippen LogP contribution is 1.90. The van der Waals surface area contributed by atoms with Crippen LogP contribution in [0.3, 0.4) is 0 Å². The maximum absolute atomic E-state index is 10.2. The Balaban J connectivity index is 2.94. The molecule has 0 heterocycles. The second kappa shape index (κ2) is 16.4. The number of hydrogen-bond acceptors (Lipinski definition) is 5. The van der Waals surface area contributed by atoms with E-state index in [1.165, 1.54) is 0 Å². The Kier molecular flexibility index (Phi) is 15.8. The van der Waals surface area contributed by atoms with Gasteiger partial charge in [0.05, 0.1) is 39.6 Å². The van der Waals surface area contributed by atoms with Gasteiger partial charge in [-0.2, -0.15) is 0 Å². The lowest BCUT2D eigenvalue weighted by atomic mass is 10.3. The maximum atomic E-state index is 10.2. The average molecular weight is 292 g/mol. The number of rotatable bonds is 16. The second-order valence-electron chi connectivity index (χ2n) is 4.30. The van der Waals surface area contributed by atoms with Gasteiger partial charge in [0.2, 0.25) is 0 Å². The third-order valence-corrected chi connectivity index (χ3v) is 2.44. The number of carbonyl (C=O) groups is 1. The molecule has 0 saturated heterocycles. The Morgan fingerprint density at radius 1 is 0.750 bits per heavy atom. The fourth-order valence-electron chi connectivity index (χ4n) is 1.33. The summed E-state index contributed by atoms with van der Waals surface area (Å²) in [5, 5.41) is 8.41. The van der Waals surface area contributed by atoms with Gasteiger partial charge in [-0.25, -0.2) is 0 Å². The van der Waals surface area contributed by atoms with E-state index in [2.05, 4.69) is 6.92 Å². The van der Waals surface area contributed by atoms with Crippen molar-refractivity contribution in [1.29, 1.82) is 0 Å². The largest absolute Gasteiger partial charge is 0.481 e. The van der Waals surface area contributed by atoms with Gasteiger partial charge in [0.1, 0.15) is 0 Å². The normalized spacial score (nSPS) is 10.8. The molecule has 0 aromatic heterocycles. The molecule has 0 rings (SSSR count). The predicted octanol–water partition coefficient (Wildman–Crippen LogP) is 1.72. The standard InChI is InChI=1S/C14H28O6/c1-2-3-6-17-8-10-19-12-13-20-11-9-18-7-4-5-14(15)16/h2-13H2,1H3,(H,15,16). The SMILES string of the molecule is CCCCOCCOCCOCCOCCCC(=O)O. The Bertz CT molecular complexity index is 210. The molecule has 0 aliphatic heterocycles. The van der Waals surface area contributed by atoms with Gasteiger partial charge in [-0.3, -0.25) is 4.79 Å². The first-order chi connectivity index (χ1) is 9.77. The number of hydrogen-bond donors (Lipinski definition) is 1. The fourth-order valence-corrected chi connectivity index (χ4v) is 1.33. The van der Waals surface area contributed by atoms with E-state index in [4.69, 9.17) is 24.1 Å². The molecule has 0 aromatic rings. The van der Waals surface area contributed by atoms with Gasteiger partial charge in [-0.05, 0) is 12.8 Å². The molecule has 0 unspecified atom stereocenters. The van der Waals surface area contributed by atoms with Gasteiger partial charge in [-0.15, -0.1) is 0 Å². The molecule has 1 N–H and O–H groups in total. The zero-order chi connectivity index (χ0) is 14.9. The molecule has 0 atom stereocenters. The van der Waals surface area contributed by atoms with Crippen molar-refractivity contribution in [2.75, 3.05) is 52.9 Å². The van der Waals surface area contributed by atoms with E-state index in [1.807, 2.05) is 0 Å². The van der Waals surface area contributed by atoms with Gasteiger partial charge >= 0.3 is 5.97 Å². The molecule has 0 amide bonds. The summed E-state index contributed by atoms with van der Waals surface area (Å²) in [6.45, 7) is 6.70. The van der Waals surface area contributed by atoms with Crippen LogP contribution in [0.2, 0.25) is 0 Å². The summed E-state index contributed by atoms with van der Waals surface area (Å²) in [5.41, 5.74) is 0. The quantitative estimate of drug-likeness (QED) is 0.437. The van der Waals surface area contributed by atoms with Crippen LogP contribution in [0, 0.1) is 0 Å². The Morgan fingerprint density at radius 3 is 1.55 bits per heavy atom. The summed E-state index contributed by atoms with van der Waals surface area (Å²) in [5.74, 6) is -0.791. The number of aliphatic carboxylic acids is 1. The van der Waals surface area contributed by atoms with E-state index in [0.29, 0.717) is 52.7 Å². The van der Waals surface area contributed by atoms with Crippen molar-refractivity contribution in [2.24, 2.45) is 0 Å². The summed E-state index contributed by atoms with van der Waals surface area (Å²) in [6.07, 6.45) is 2.92. The third kappa shape index (κ3) is 17.3. The Labute approximate surface area is 121 Å². The van der Waals surface area contributed by atoms with Crippen LogP contribution in [0.25, 0.3) is 0 Å². The van der Waals surface area contributed by atoms with Crippen LogP contribution in [0.1, 0.15) is 32.6 Å². The van der Waals surface area contributed by atoms with Gasteiger partial charge in [0.15, 0.2) is 0 Å². The van der Waals surface area contributed by atoms with Crippen LogP contribution in [0.5, 0.6) is 0 Å². The van der Waals surface area contributed by atoms with E-state index in [9.17, 15) is 4.79 Å². The highest BCUT2D eigenvalue weighted by atomic mass is 16.6. The zero-order valence-corrected chi connectivity index (χ0v) is 12.5. The van der Waals surface area contributed by atoms with Gasteiger partial charge < -0.3 is 24.1 Å². The Morgan fingerprint density at radius 2 is 1.15 bits per heavy atom. The minimum Gasteiger partial charge on any atom is -0.481 e. The van der Waals surface area contributed by atoms with Crippen molar-refractivity contribution >= 4 is 5.97 Å². The lowest BCUT2D eigenvalue weighted by Crippen LogP contribution is -2.12. The van der Waals surface area contributed by atoms with Crippen molar-refractivity contribution in [2.45, 2.75) is 32.6 Å². The lowest BCUT2D eigenvalue weighted by Gasteiger charge is -2.07. The van der Waals surface area contributed by atoms with Crippen LogP contribution < -0.4 is 0 Å². The fraction of sp³-hybridized carbons (Fsp3) is 0.929. The van der Waals surface area contributed by atoms with Crippen LogP contribution >= 0.6 is 0 Å². The van der Waals surface area contributed by atoms with E-state index >= 15 is 0 Å². The molecular formula is C14H28O6. The molecule has 0 fully saturated rings. The molecule has 0 aromatic carbocycles. The summed E-state index contributed by atoms with van der Waals surface area (Å²) < 4.78 is 21.2. The molecule has 0 spiro atoms. The summed E-state index contributed by atoms with van der Waals surface area (Å²) in [4.78, 5) is 10.2. The second-order valence-corrected chi connectivity index (χ2v) is 4.30. The van der Waals surface area contributed by atoms with Crippen LogP contribution in [-0.4, -0.2) is 63.9 Å². The topological polar surface area (TPSA) is 74.2 Å². The lowest BCUT2D eigenvalue weighted by molar-refractivity contribution is -0.137. The van der Waals surface area contributed by atoms with Gasteiger partial charge in [0, 0.05) is 19.6 Å². The summed E-state index contributed by atoms with van der Waals surface area (Å²) in [6, 6.07) is 0. The smallest absolute Gasteiger partial charge is 0.303 e. The summed E-state index contributed by atoms with van der Waals surface area (Å²) >= 11 is 0. The van der Waals surface area contributed by atoms with Gasteiger partial charge in [0.25, 0.3) is 0 Å². The van der Waals surface area contributed by atoms with Crippen LogP contribution in [0.15, 0.2) is 0 Å². The monoisotopic (exact) mass is 292 g/mol. The molecule has 0 aliphatic carbocycles. The van der Waals surface area contributed by atoms with E-state index in [-0.39, 0.29) is 6.42 Å². The van der Waals surface area contributed by atoms with Crippen molar-refractivity contribution in [3.63, 3.8) is 0 Å². The van der Waals surface area contributed by atoms with Crippen molar-refractivity contribution in [1.82, 2.24) is 0 Å². The maximum Gasteiger partial charge on any atom is 0.303 e. The molecule has 20 heavy (non-hydrogen) atoms. The first-order valence-electron chi connectivity index (χ1n) is 7.30. The molecule has 6 heteroatoms. The molecule has 0 bridgehead atoms. The minimum absolute atomic E-state index is 0.148. The first kappa shape index (κ1) is 19.3. The zero-order valence-electron chi connectivity index (χ0n) is 12.5. The molecule has 0 aliphatic rings. The third-order valence-electron chi connectivity index (χ3n) is 2.44. The molecule has 0 radical (unpaired) electrons. The van der Waals surface area contributed by atoms with Crippen molar-refractivity contribution in [3.05, 3.63) is 0 Å². The van der Waals surface area contributed by atoms with E-state index in [1.54, 1.807) is 0 Å². The van der Waals surface area contributed by atoms with E-state index < -0.39 is 5.97 Å². The van der Waals surface area contributed by atoms with Gasteiger partial charge in [-0.1, -0.05) is 13.3 Å². The number of carboxylic acids is 1. The number of ether oxygens (including phenoxy) is 4. The van der Waals surface area contributed by atoms with Crippen LogP contribution in [0.4, 0.5) is 0 Å². The van der Waals surface area contributed by atoms with Crippen LogP contribution in [-0.2, 0) is 23.7 Å². The Hall–Kier alpha value is -0.690. The molecule has 0 saturated carbocycles. The number of unbranched alkanes of at least 4 members (excludes halogenated alkanes) is 1. The predicted molar refractivity (Wildman–Crippen MR) is 75.1 cm³/mol. The average Bonchev–Trinajstić information content (AvgIpc) is 2.43. The van der Waals surface area contributed by atoms with Crippen molar-refractivity contribution < 1.29 is 28.8 Å². The highest BCUT2D eigenvalue weighted by molar-refractivity contribution is 5.66. The van der Waals surface area contributed by atoms with Crippen molar-refractivity contribution in [3.8, 4) is 0 Å². The molecule has 6 nitrogen and oxygen atoms in total. The molecular weight excluding hydrogens is 264 g/mol. The highest BCUT2D eigenvalue weighted by Gasteiger charge is 1.96. The molecule has 120 valence electrons. The number of carboxylic acid groups (broad SMARTS) is 1.